The van der Waals surface area contributed by atoms with Crippen LogP contribution in [0.1, 0.15) is 24.0 Å². The molecule has 1 atom stereocenters. The van der Waals surface area contributed by atoms with Crippen molar-refractivity contribution in [2.45, 2.75) is 31.8 Å². The molecule has 0 aromatic heterocycles. The Kier molecular flexibility index (Phi) is 8.14. The third-order valence-corrected chi connectivity index (χ3v) is 4.15. The monoisotopic (exact) mass is 402 g/mol. The van der Waals surface area contributed by atoms with Crippen molar-refractivity contribution in [3.8, 4) is 5.75 Å². The summed E-state index contributed by atoms with van der Waals surface area (Å²) in [6.45, 7) is 0.194. The van der Waals surface area contributed by atoms with Gasteiger partial charge in [-0.15, -0.1) is 0 Å². The fourth-order valence-corrected chi connectivity index (χ4v) is 2.71. The Bertz CT molecular complexity index is 872. The second-order valence-electron chi connectivity index (χ2n) is 6.43. The first kappa shape index (κ1) is 21.9. The average molecular weight is 402 g/mol. The van der Waals surface area contributed by atoms with Gasteiger partial charge >= 0.3 is 5.97 Å². The summed E-state index contributed by atoms with van der Waals surface area (Å²) >= 11 is 0. The second kappa shape index (κ2) is 10.8. The summed E-state index contributed by atoms with van der Waals surface area (Å²) in [5, 5.41) is 14.1. The number of amides is 2. The van der Waals surface area contributed by atoms with Gasteiger partial charge in [-0.3, -0.25) is 14.4 Å². The quantitative estimate of drug-likeness (QED) is 0.564. The minimum atomic E-state index is -1.07. The van der Waals surface area contributed by atoms with E-state index in [0.717, 1.165) is 5.56 Å². The van der Waals surface area contributed by atoms with Gasteiger partial charge < -0.3 is 20.5 Å². The van der Waals surface area contributed by atoms with Crippen LogP contribution in [0.4, 0.5) is 4.39 Å². The number of carboxylic acid groups (broad SMARTS) is 1. The van der Waals surface area contributed by atoms with E-state index in [1.807, 2.05) is 0 Å². The van der Waals surface area contributed by atoms with Gasteiger partial charge in [0.05, 0.1) is 13.5 Å². The standard InChI is InChI=1S/C21H23FN2O5/c1-29-17-7-3-5-15(11-17)13-23-21(28)18(8-9-20(26)27)24-19(25)12-14-4-2-6-16(22)10-14/h2-7,10-11,18H,8-9,12-13H2,1H3,(H,23,28)(H,24,25)(H,26,27)/t18-/m0/s1. The van der Waals surface area contributed by atoms with E-state index >= 15 is 0 Å². The van der Waals surface area contributed by atoms with Crippen LogP contribution >= 0.6 is 0 Å². The number of carboxylic acids is 1. The zero-order valence-corrected chi connectivity index (χ0v) is 16.0. The molecular weight excluding hydrogens is 379 g/mol. The van der Waals surface area contributed by atoms with Crippen LogP contribution in [0.15, 0.2) is 48.5 Å². The van der Waals surface area contributed by atoms with Gasteiger partial charge in [0.1, 0.15) is 17.6 Å². The number of ether oxygens (including phenoxy) is 1. The third kappa shape index (κ3) is 7.61. The molecule has 2 aromatic carbocycles. The summed E-state index contributed by atoms with van der Waals surface area (Å²) in [7, 11) is 1.54. The van der Waals surface area contributed by atoms with Crippen molar-refractivity contribution in [3.05, 3.63) is 65.5 Å². The van der Waals surface area contributed by atoms with Crippen molar-refractivity contribution < 1.29 is 28.6 Å². The summed E-state index contributed by atoms with van der Waals surface area (Å²) in [6.07, 6.45) is -0.462. The van der Waals surface area contributed by atoms with E-state index in [9.17, 15) is 18.8 Å². The van der Waals surface area contributed by atoms with Crippen LogP contribution in [0.2, 0.25) is 0 Å². The fourth-order valence-electron chi connectivity index (χ4n) is 2.71. The predicted octanol–water partition coefficient (Wildman–Crippen LogP) is 2.04. The molecule has 29 heavy (non-hydrogen) atoms. The summed E-state index contributed by atoms with van der Waals surface area (Å²) < 4.78 is 18.4. The summed E-state index contributed by atoms with van der Waals surface area (Å²) in [5.41, 5.74) is 1.25. The van der Waals surface area contributed by atoms with Crippen molar-refractivity contribution in [1.82, 2.24) is 10.6 Å². The van der Waals surface area contributed by atoms with E-state index in [4.69, 9.17) is 9.84 Å². The predicted molar refractivity (Wildman–Crippen MR) is 104 cm³/mol. The molecule has 0 aliphatic carbocycles. The van der Waals surface area contributed by atoms with Crippen LogP contribution in [0.25, 0.3) is 0 Å². The first-order chi connectivity index (χ1) is 13.9. The SMILES string of the molecule is COc1cccc(CNC(=O)[C@H](CCC(=O)O)NC(=O)Cc2cccc(F)c2)c1. The smallest absolute Gasteiger partial charge is 0.303 e. The molecule has 0 unspecified atom stereocenters. The van der Waals surface area contributed by atoms with E-state index < -0.39 is 29.6 Å². The molecule has 0 bridgehead atoms. The molecule has 0 heterocycles. The Labute approximate surface area is 167 Å². The number of benzene rings is 2. The van der Waals surface area contributed by atoms with Crippen LogP contribution in [-0.2, 0) is 27.3 Å². The summed E-state index contributed by atoms with van der Waals surface area (Å²) in [5.74, 6) is -1.89. The molecule has 0 aliphatic rings. The van der Waals surface area contributed by atoms with Crippen LogP contribution in [0.3, 0.4) is 0 Å². The number of rotatable bonds is 10. The zero-order chi connectivity index (χ0) is 21.2. The number of halogens is 1. The van der Waals surface area contributed by atoms with Crippen LogP contribution in [-0.4, -0.2) is 36.0 Å². The number of methoxy groups -OCH3 is 1. The highest BCUT2D eigenvalue weighted by molar-refractivity contribution is 5.88. The molecule has 0 aliphatic heterocycles. The van der Waals surface area contributed by atoms with Gasteiger partial charge in [-0.2, -0.15) is 0 Å². The highest BCUT2D eigenvalue weighted by Gasteiger charge is 2.21. The molecular formula is C21H23FN2O5. The van der Waals surface area contributed by atoms with Crippen LogP contribution in [0, 0.1) is 5.82 Å². The lowest BCUT2D eigenvalue weighted by atomic mass is 10.1. The number of hydrogen-bond donors (Lipinski definition) is 3. The van der Waals surface area contributed by atoms with Gasteiger partial charge in [0.2, 0.25) is 11.8 Å². The molecule has 2 amide bonds. The first-order valence-electron chi connectivity index (χ1n) is 9.03. The lowest BCUT2D eigenvalue weighted by molar-refractivity contribution is -0.138. The molecule has 154 valence electrons. The highest BCUT2D eigenvalue weighted by Crippen LogP contribution is 2.12. The van der Waals surface area contributed by atoms with Crippen molar-refractivity contribution in [2.75, 3.05) is 7.11 Å². The molecule has 8 heteroatoms. The van der Waals surface area contributed by atoms with Gasteiger partial charge in [-0.25, -0.2) is 4.39 Å². The van der Waals surface area contributed by atoms with E-state index in [1.165, 1.54) is 25.3 Å². The molecule has 0 radical (unpaired) electrons. The maximum Gasteiger partial charge on any atom is 0.303 e. The Morgan fingerprint density at radius 2 is 1.83 bits per heavy atom. The lowest BCUT2D eigenvalue weighted by Crippen LogP contribution is -2.47. The topological polar surface area (TPSA) is 105 Å². The summed E-state index contributed by atoms with van der Waals surface area (Å²) in [6, 6.07) is 11.7. The Morgan fingerprint density at radius 3 is 2.52 bits per heavy atom. The molecule has 0 saturated carbocycles. The molecule has 0 saturated heterocycles. The molecule has 0 spiro atoms. The van der Waals surface area contributed by atoms with E-state index in [1.54, 1.807) is 30.3 Å². The maximum absolute atomic E-state index is 13.3. The van der Waals surface area contributed by atoms with Gasteiger partial charge in [-0.05, 0) is 41.8 Å². The van der Waals surface area contributed by atoms with Crippen LogP contribution < -0.4 is 15.4 Å². The number of nitrogens with one attached hydrogen (secondary N) is 2. The molecule has 3 N–H and O–H groups in total. The normalized spacial score (nSPS) is 11.4. The van der Waals surface area contributed by atoms with E-state index in [2.05, 4.69) is 10.6 Å². The van der Waals surface area contributed by atoms with Gasteiger partial charge in [0.15, 0.2) is 0 Å². The highest BCUT2D eigenvalue weighted by atomic mass is 19.1. The Balaban J connectivity index is 1.98. The van der Waals surface area contributed by atoms with Crippen molar-refractivity contribution in [1.29, 1.82) is 0 Å². The van der Waals surface area contributed by atoms with Crippen molar-refractivity contribution in [2.24, 2.45) is 0 Å². The molecule has 2 rings (SSSR count). The number of carbonyl (C=O) groups excluding carboxylic acids is 2. The van der Waals surface area contributed by atoms with Crippen molar-refractivity contribution in [3.63, 3.8) is 0 Å². The molecule has 0 fully saturated rings. The second-order valence-corrected chi connectivity index (χ2v) is 6.43. The Hall–Kier alpha value is -3.42. The summed E-state index contributed by atoms with van der Waals surface area (Å²) in [4.78, 5) is 35.7. The fraction of sp³-hybridized carbons (Fsp3) is 0.286. The molecule has 7 nitrogen and oxygen atoms in total. The molecule has 2 aromatic rings. The number of carbonyl (C=O) groups is 3. The van der Waals surface area contributed by atoms with Gasteiger partial charge in [-0.1, -0.05) is 24.3 Å². The van der Waals surface area contributed by atoms with Crippen LogP contribution in [0.5, 0.6) is 5.75 Å². The Morgan fingerprint density at radius 1 is 1.10 bits per heavy atom. The minimum absolute atomic E-state index is 0.0613. The largest absolute Gasteiger partial charge is 0.497 e. The third-order valence-electron chi connectivity index (χ3n) is 4.15. The van der Waals surface area contributed by atoms with Gasteiger partial charge in [0, 0.05) is 13.0 Å². The minimum Gasteiger partial charge on any atom is -0.497 e. The first-order valence-corrected chi connectivity index (χ1v) is 9.03. The number of aliphatic carboxylic acids is 1. The zero-order valence-electron chi connectivity index (χ0n) is 16.0. The average Bonchev–Trinajstić information content (AvgIpc) is 2.69. The van der Waals surface area contributed by atoms with E-state index in [0.29, 0.717) is 11.3 Å². The van der Waals surface area contributed by atoms with Gasteiger partial charge in [0.25, 0.3) is 0 Å². The van der Waals surface area contributed by atoms with E-state index in [-0.39, 0.29) is 25.8 Å². The lowest BCUT2D eigenvalue weighted by Gasteiger charge is -2.18. The van der Waals surface area contributed by atoms with Crippen molar-refractivity contribution >= 4 is 17.8 Å². The number of hydrogen-bond acceptors (Lipinski definition) is 4. The maximum atomic E-state index is 13.3.